The van der Waals surface area contributed by atoms with Gasteiger partial charge in [-0.15, -0.1) is 0 Å². The van der Waals surface area contributed by atoms with Gasteiger partial charge in [-0.2, -0.15) is 0 Å². The zero-order valence-electron chi connectivity index (χ0n) is 11.2. The molecule has 19 heavy (non-hydrogen) atoms. The quantitative estimate of drug-likeness (QED) is 0.645. The van der Waals surface area contributed by atoms with E-state index in [0.717, 1.165) is 6.54 Å². The first-order valence-electron chi connectivity index (χ1n) is 7.41. The number of fused-ring (bicyclic) bond motifs is 1. The minimum atomic E-state index is 0.311. The Hall–Kier alpha value is -1.63. The van der Waals surface area contributed by atoms with E-state index in [-0.39, 0.29) is 0 Å². The van der Waals surface area contributed by atoms with Gasteiger partial charge in [0, 0.05) is 11.6 Å². The average Bonchev–Trinajstić information content (AvgIpc) is 2.68. The minimum Gasteiger partial charge on any atom is -0.288 e. The SMILES string of the molecule is C1=CC2(CCCCC2)c2cccc3c2C1=CC=NC3. The number of hydrogen-bond acceptors (Lipinski definition) is 1. The Kier molecular flexibility index (Phi) is 2.48. The van der Waals surface area contributed by atoms with Crippen LogP contribution in [0.3, 0.4) is 0 Å². The lowest BCUT2D eigenvalue weighted by atomic mass is 9.64. The van der Waals surface area contributed by atoms with Crippen molar-refractivity contribution in [2.45, 2.75) is 44.1 Å². The molecule has 1 aromatic carbocycles. The predicted octanol–water partition coefficient (Wildman–Crippen LogP) is 4.43. The molecule has 0 bridgehead atoms. The van der Waals surface area contributed by atoms with Crippen molar-refractivity contribution in [2.24, 2.45) is 4.99 Å². The highest BCUT2D eigenvalue weighted by Gasteiger charge is 2.36. The summed E-state index contributed by atoms with van der Waals surface area (Å²) in [6, 6.07) is 6.82. The van der Waals surface area contributed by atoms with E-state index in [0.29, 0.717) is 5.41 Å². The van der Waals surface area contributed by atoms with Gasteiger partial charge in [-0.3, -0.25) is 4.99 Å². The van der Waals surface area contributed by atoms with E-state index < -0.39 is 0 Å². The maximum atomic E-state index is 4.48. The molecule has 0 N–H and O–H groups in total. The molecule has 1 spiro atoms. The van der Waals surface area contributed by atoms with Crippen LogP contribution in [0, 0.1) is 0 Å². The molecule has 0 atom stereocenters. The number of rotatable bonds is 0. The lowest BCUT2D eigenvalue weighted by molar-refractivity contribution is 0.355. The fraction of sp³-hybridized carbons (Fsp3) is 0.389. The third-order valence-electron chi connectivity index (χ3n) is 4.92. The third kappa shape index (κ3) is 1.64. The second-order valence-electron chi connectivity index (χ2n) is 6.00. The third-order valence-corrected chi connectivity index (χ3v) is 4.92. The molecule has 1 saturated carbocycles. The van der Waals surface area contributed by atoms with Crippen LogP contribution in [0.25, 0.3) is 5.57 Å². The molecule has 0 unspecified atom stereocenters. The van der Waals surface area contributed by atoms with E-state index in [4.69, 9.17) is 0 Å². The van der Waals surface area contributed by atoms with Crippen LogP contribution in [0.1, 0.15) is 48.8 Å². The van der Waals surface area contributed by atoms with E-state index in [2.05, 4.69) is 41.4 Å². The van der Waals surface area contributed by atoms with E-state index in [9.17, 15) is 0 Å². The summed E-state index contributed by atoms with van der Waals surface area (Å²) in [5.74, 6) is 0. The van der Waals surface area contributed by atoms with Gasteiger partial charge in [-0.1, -0.05) is 49.6 Å². The van der Waals surface area contributed by atoms with Crippen molar-refractivity contribution in [1.29, 1.82) is 0 Å². The van der Waals surface area contributed by atoms with Gasteiger partial charge in [0.1, 0.15) is 0 Å². The smallest absolute Gasteiger partial charge is 0.0645 e. The van der Waals surface area contributed by atoms with Crippen LogP contribution in [0.15, 0.2) is 41.4 Å². The first-order chi connectivity index (χ1) is 9.39. The van der Waals surface area contributed by atoms with E-state index >= 15 is 0 Å². The molecule has 1 nitrogen and oxygen atoms in total. The summed E-state index contributed by atoms with van der Waals surface area (Å²) < 4.78 is 0. The lowest BCUT2D eigenvalue weighted by Crippen LogP contribution is -2.30. The summed E-state index contributed by atoms with van der Waals surface area (Å²) in [5, 5.41) is 0. The zero-order valence-corrected chi connectivity index (χ0v) is 11.2. The van der Waals surface area contributed by atoms with Crippen LogP contribution in [0.2, 0.25) is 0 Å². The summed E-state index contributed by atoms with van der Waals surface area (Å²) in [6.45, 7) is 0.826. The summed E-state index contributed by atoms with van der Waals surface area (Å²) in [6.07, 6.45) is 15.7. The maximum absolute atomic E-state index is 4.48. The molecule has 1 fully saturated rings. The van der Waals surface area contributed by atoms with Gasteiger partial charge in [0.15, 0.2) is 0 Å². The van der Waals surface area contributed by atoms with Crippen molar-refractivity contribution in [3.63, 3.8) is 0 Å². The van der Waals surface area contributed by atoms with Crippen molar-refractivity contribution in [3.05, 3.63) is 53.1 Å². The second kappa shape index (κ2) is 4.19. The van der Waals surface area contributed by atoms with Gasteiger partial charge in [0.05, 0.1) is 6.54 Å². The van der Waals surface area contributed by atoms with Crippen LogP contribution in [0.5, 0.6) is 0 Å². The van der Waals surface area contributed by atoms with Crippen molar-refractivity contribution >= 4 is 11.8 Å². The summed E-state index contributed by atoms with van der Waals surface area (Å²) in [7, 11) is 0. The largest absolute Gasteiger partial charge is 0.288 e. The Balaban J connectivity index is 1.95. The van der Waals surface area contributed by atoms with Crippen molar-refractivity contribution in [1.82, 2.24) is 0 Å². The minimum absolute atomic E-state index is 0.311. The van der Waals surface area contributed by atoms with Crippen molar-refractivity contribution in [3.8, 4) is 0 Å². The van der Waals surface area contributed by atoms with Gasteiger partial charge >= 0.3 is 0 Å². The number of nitrogens with zero attached hydrogens (tertiary/aromatic N) is 1. The Bertz CT molecular complexity index is 598. The van der Waals surface area contributed by atoms with Crippen molar-refractivity contribution in [2.75, 3.05) is 0 Å². The van der Waals surface area contributed by atoms with Crippen molar-refractivity contribution < 1.29 is 0 Å². The van der Waals surface area contributed by atoms with Gasteiger partial charge in [-0.05, 0) is 41.2 Å². The molecule has 2 aliphatic carbocycles. The molecular weight excluding hydrogens is 230 g/mol. The van der Waals surface area contributed by atoms with Crippen LogP contribution >= 0.6 is 0 Å². The van der Waals surface area contributed by atoms with E-state index in [1.54, 1.807) is 5.56 Å². The summed E-state index contributed by atoms with van der Waals surface area (Å²) >= 11 is 0. The molecule has 3 aliphatic rings. The molecule has 0 amide bonds. The molecule has 0 radical (unpaired) electrons. The fourth-order valence-corrected chi connectivity index (χ4v) is 3.95. The van der Waals surface area contributed by atoms with Gasteiger partial charge in [0.2, 0.25) is 0 Å². The first kappa shape index (κ1) is 11.2. The zero-order chi connectivity index (χ0) is 12.7. The Morgan fingerprint density at radius 1 is 1.05 bits per heavy atom. The van der Waals surface area contributed by atoms with E-state index in [1.165, 1.54) is 48.8 Å². The van der Waals surface area contributed by atoms with Crippen LogP contribution in [-0.2, 0) is 12.0 Å². The molecule has 96 valence electrons. The topological polar surface area (TPSA) is 12.4 Å². The molecule has 1 aliphatic heterocycles. The molecule has 1 aromatic rings. The van der Waals surface area contributed by atoms with Gasteiger partial charge < -0.3 is 0 Å². The predicted molar refractivity (Wildman–Crippen MR) is 80.5 cm³/mol. The monoisotopic (exact) mass is 249 g/mol. The van der Waals surface area contributed by atoms with Crippen LogP contribution in [-0.4, -0.2) is 6.21 Å². The average molecular weight is 249 g/mol. The highest BCUT2D eigenvalue weighted by molar-refractivity contribution is 5.93. The number of benzene rings is 1. The number of aliphatic imine (C=N–C) groups is 1. The Labute approximate surface area is 114 Å². The fourth-order valence-electron chi connectivity index (χ4n) is 3.95. The standard InChI is InChI=1S/C18H19N/c1-2-9-18(10-3-1)11-7-14-8-12-19-13-15-5-4-6-16(18)17(14)15/h4-8,11-12H,1-3,9-10,13H2. The Morgan fingerprint density at radius 3 is 2.84 bits per heavy atom. The van der Waals surface area contributed by atoms with Crippen LogP contribution in [0.4, 0.5) is 0 Å². The van der Waals surface area contributed by atoms with Gasteiger partial charge in [0.25, 0.3) is 0 Å². The Morgan fingerprint density at radius 2 is 1.95 bits per heavy atom. The molecule has 0 aromatic heterocycles. The molecule has 0 saturated heterocycles. The number of allylic oxidation sites excluding steroid dienone is 4. The number of hydrogen-bond donors (Lipinski definition) is 0. The highest BCUT2D eigenvalue weighted by Crippen LogP contribution is 2.47. The van der Waals surface area contributed by atoms with E-state index in [1.807, 2.05) is 6.21 Å². The second-order valence-corrected chi connectivity index (χ2v) is 6.00. The van der Waals surface area contributed by atoms with Gasteiger partial charge in [-0.25, -0.2) is 0 Å². The molecule has 1 heteroatoms. The first-order valence-corrected chi connectivity index (χ1v) is 7.41. The maximum Gasteiger partial charge on any atom is 0.0645 e. The molecule has 1 heterocycles. The summed E-state index contributed by atoms with van der Waals surface area (Å²) in [5.41, 5.74) is 6.09. The summed E-state index contributed by atoms with van der Waals surface area (Å²) in [4.78, 5) is 4.48. The normalized spacial score (nSPS) is 22.8. The van der Waals surface area contributed by atoms with Crippen LogP contribution < -0.4 is 0 Å². The molecular formula is C18H19N. The highest BCUT2D eigenvalue weighted by atomic mass is 14.7. The molecule has 4 rings (SSSR count). The lowest BCUT2D eigenvalue weighted by Gasteiger charge is -2.39.